The summed E-state index contributed by atoms with van der Waals surface area (Å²) >= 11 is 0. The molecule has 1 N–H and O–H groups in total. The number of methoxy groups -OCH3 is 1. The average Bonchev–Trinajstić information content (AvgIpc) is 2.87. The smallest absolute Gasteiger partial charge is 0.270 e. The van der Waals surface area contributed by atoms with Gasteiger partial charge in [-0.15, -0.1) is 0 Å². The second-order valence-corrected chi connectivity index (χ2v) is 8.48. The minimum absolute atomic E-state index is 0.0152. The average molecular weight is 542 g/mol. The third-order valence-corrected chi connectivity index (χ3v) is 5.45. The number of halogens is 4. The standard InChI is InChI=1S/C30H31F4N3O2/c1-7-10-20(13-19(4)39-6)14-27(38)26-17-28(35-18-22-11-12-24(31)16-25(22)32)37-29(36-26)21(8-2)15-23(9-3)30(5,33)34/h7-13,15-17H,2,4,14,18H2,1,3,5-6H3,(H,35,36,37)/b10-7-,20-13+,21-15+,23-9+. The Morgan fingerprint density at radius 2 is 1.87 bits per heavy atom. The van der Waals surface area contributed by atoms with Crippen molar-refractivity contribution in [1.82, 2.24) is 9.97 Å². The number of hydrogen-bond donors (Lipinski definition) is 1. The van der Waals surface area contributed by atoms with Gasteiger partial charge in [-0.2, -0.15) is 0 Å². The fraction of sp³-hybridized carbons (Fsp3) is 0.233. The van der Waals surface area contributed by atoms with Gasteiger partial charge in [0, 0.05) is 48.7 Å². The Balaban J connectivity index is 2.58. The van der Waals surface area contributed by atoms with E-state index in [1.54, 1.807) is 25.2 Å². The highest BCUT2D eigenvalue weighted by Crippen LogP contribution is 2.28. The molecule has 5 nitrogen and oxygen atoms in total. The minimum Gasteiger partial charge on any atom is -0.497 e. The van der Waals surface area contributed by atoms with Crippen LogP contribution in [0.3, 0.4) is 0 Å². The largest absolute Gasteiger partial charge is 0.497 e. The van der Waals surface area contributed by atoms with E-state index < -0.39 is 23.3 Å². The predicted molar refractivity (Wildman–Crippen MR) is 146 cm³/mol. The highest BCUT2D eigenvalue weighted by molar-refractivity contribution is 5.97. The molecule has 0 unspecified atom stereocenters. The first-order valence-corrected chi connectivity index (χ1v) is 12.0. The van der Waals surface area contributed by atoms with Gasteiger partial charge in [-0.05, 0) is 37.6 Å². The molecular weight excluding hydrogens is 510 g/mol. The molecule has 0 aliphatic heterocycles. The molecule has 0 aliphatic rings. The third-order valence-electron chi connectivity index (χ3n) is 5.45. The van der Waals surface area contributed by atoms with Crippen LogP contribution in [0.1, 0.15) is 49.1 Å². The number of ether oxygens (including phenoxy) is 1. The first-order chi connectivity index (χ1) is 18.4. The van der Waals surface area contributed by atoms with Crippen molar-refractivity contribution in [2.45, 2.75) is 39.7 Å². The number of alkyl halides is 2. The maximum atomic E-state index is 14.2. The summed E-state index contributed by atoms with van der Waals surface area (Å²) < 4.78 is 60.7. The van der Waals surface area contributed by atoms with Gasteiger partial charge in [-0.3, -0.25) is 4.79 Å². The number of benzene rings is 1. The number of carbonyl (C=O) groups is 1. The predicted octanol–water partition coefficient (Wildman–Crippen LogP) is 7.77. The van der Waals surface area contributed by atoms with Crippen molar-refractivity contribution in [1.29, 1.82) is 0 Å². The third kappa shape index (κ3) is 9.21. The van der Waals surface area contributed by atoms with Gasteiger partial charge in [0.05, 0.1) is 7.11 Å². The summed E-state index contributed by atoms with van der Waals surface area (Å²) in [5.41, 5.74) is 0.587. The van der Waals surface area contributed by atoms with Crippen molar-refractivity contribution in [2.75, 3.05) is 12.4 Å². The summed E-state index contributed by atoms with van der Waals surface area (Å²) in [4.78, 5) is 22.0. The summed E-state index contributed by atoms with van der Waals surface area (Å²) in [5.74, 6) is -4.60. The van der Waals surface area contributed by atoms with Crippen LogP contribution in [0.15, 0.2) is 90.8 Å². The molecule has 0 spiro atoms. The van der Waals surface area contributed by atoms with Crippen LogP contribution in [0, 0.1) is 11.6 Å². The van der Waals surface area contributed by atoms with Gasteiger partial charge in [0.25, 0.3) is 5.92 Å². The first-order valence-electron chi connectivity index (χ1n) is 12.0. The van der Waals surface area contributed by atoms with E-state index in [2.05, 4.69) is 28.4 Å². The molecule has 1 aromatic carbocycles. The Labute approximate surface area is 226 Å². The van der Waals surface area contributed by atoms with Crippen molar-refractivity contribution >= 4 is 17.2 Å². The molecular formula is C30H31F4N3O2. The molecule has 0 saturated heterocycles. The topological polar surface area (TPSA) is 64.1 Å². The maximum absolute atomic E-state index is 14.2. The van der Waals surface area contributed by atoms with Crippen molar-refractivity contribution in [2.24, 2.45) is 0 Å². The Morgan fingerprint density at radius 3 is 2.44 bits per heavy atom. The molecule has 0 atom stereocenters. The quantitative estimate of drug-likeness (QED) is 0.121. The molecule has 2 rings (SSSR count). The van der Waals surface area contributed by atoms with Gasteiger partial charge in [0.2, 0.25) is 0 Å². The van der Waals surface area contributed by atoms with Gasteiger partial charge < -0.3 is 10.1 Å². The van der Waals surface area contributed by atoms with E-state index in [1.807, 2.05) is 0 Å². The second-order valence-electron chi connectivity index (χ2n) is 8.48. The van der Waals surface area contributed by atoms with E-state index >= 15 is 0 Å². The fourth-order valence-electron chi connectivity index (χ4n) is 3.42. The van der Waals surface area contributed by atoms with E-state index in [0.717, 1.165) is 19.1 Å². The highest BCUT2D eigenvalue weighted by Gasteiger charge is 2.26. The Hall–Kier alpha value is -4.27. The van der Waals surface area contributed by atoms with Crippen molar-refractivity contribution < 1.29 is 27.1 Å². The molecule has 1 heterocycles. The molecule has 9 heteroatoms. The van der Waals surface area contributed by atoms with E-state index in [4.69, 9.17) is 4.74 Å². The van der Waals surface area contributed by atoms with Crippen LogP contribution in [-0.2, 0) is 11.3 Å². The molecule has 0 fully saturated rings. The van der Waals surface area contributed by atoms with Crippen LogP contribution >= 0.6 is 0 Å². The van der Waals surface area contributed by atoms with Crippen molar-refractivity contribution in [3.63, 3.8) is 0 Å². The molecule has 0 bridgehead atoms. The molecule has 39 heavy (non-hydrogen) atoms. The Bertz CT molecular complexity index is 1350. The number of carbonyl (C=O) groups excluding carboxylic acids is 1. The number of nitrogens with one attached hydrogen (secondary N) is 1. The van der Waals surface area contributed by atoms with Crippen molar-refractivity contribution in [3.8, 4) is 0 Å². The monoisotopic (exact) mass is 541 g/mol. The zero-order chi connectivity index (χ0) is 29.2. The number of nitrogens with zero attached hydrogens (tertiary/aromatic N) is 2. The van der Waals surface area contributed by atoms with Crippen LogP contribution < -0.4 is 5.32 Å². The molecule has 0 saturated carbocycles. The van der Waals surface area contributed by atoms with Crippen LogP contribution in [-0.4, -0.2) is 28.8 Å². The van der Waals surface area contributed by atoms with Crippen LogP contribution in [0.25, 0.3) is 5.57 Å². The van der Waals surface area contributed by atoms with Crippen LogP contribution in [0.2, 0.25) is 0 Å². The second kappa shape index (κ2) is 14.0. The zero-order valence-electron chi connectivity index (χ0n) is 22.3. The molecule has 2 aromatic rings. The SMILES string of the molecule is C=C/C(=C\C(=C/C)C(C)(F)F)c1nc(NCc2ccc(F)cc2F)cc(C(=O)CC(/C=C\C)=C/C(=C)OC)n1. The lowest BCUT2D eigenvalue weighted by Crippen LogP contribution is -2.13. The van der Waals surface area contributed by atoms with Gasteiger partial charge >= 0.3 is 0 Å². The number of ketones is 1. The lowest BCUT2D eigenvalue weighted by molar-refractivity contribution is 0.0674. The number of allylic oxidation sites excluding steroid dienone is 9. The van der Waals surface area contributed by atoms with Gasteiger partial charge in [0.1, 0.15) is 28.9 Å². The normalized spacial score (nSPS) is 13.0. The Morgan fingerprint density at radius 1 is 1.15 bits per heavy atom. The summed E-state index contributed by atoms with van der Waals surface area (Å²) in [7, 11) is 1.45. The number of Topliss-reactive ketones (excluding diaryl/α,β-unsaturated/α-hetero) is 1. The maximum Gasteiger partial charge on any atom is 0.270 e. The lowest BCUT2D eigenvalue weighted by Gasteiger charge is -2.14. The first kappa shape index (κ1) is 31.0. The molecule has 0 radical (unpaired) electrons. The van der Waals surface area contributed by atoms with Gasteiger partial charge in [0.15, 0.2) is 11.6 Å². The Kier molecular flexibility index (Phi) is 11.1. The fourth-order valence-corrected chi connectivity index (χ4v) is 3.42. The number of rotatable bonds is 13. The molecule has 0 aliphatic carbocycles. The van der Waals surface area contributed by atoms with E-state index in [1.165, 1.54) is 44.4 Å². The van der Waals surface area contributed by atoms with E-state index in [9.17, 15) is 22.4 Å². The summed E-state index contributed by atoms with van der Waals surface area (Å²) in [6.07, 6.45) is 8.75. The summed E-state index contributed by atoms with van der Waals surface area (Å²) in [5, 5.41) is 2.90. The summed E-state index contributed by atoms with van der Waals surface area (Å²) in [6.45, 7) is 11.4. The van der Waals surface area contributed by atoms with E-state index in [-0.39, 0.29) is 47.0 Å². The highest BCUT2D eigenvalue weighted by atomic mass is 19.3. The van der Waals surface area contributed by atoms with Gasteiger partial charge in [-0.25, -0.2) is 27.5 Å². The number of hydrogen-bond acceptors (Lipinski definition) is 5. The lowest BCUT2D eigenvalue weighted by atomic mass is 10.0. The zero-order valence-corrected chi connectivity index (χ0v) is 22.3. The molecule has 0 amide bonds. The molecule has 1 aromatic heterocycles. The number of aromatic nitrogens is 2. The van der Waals surface area contributed by atoms with E-state index in [0.29, 0.717) is 11.3 Å². The van der Waals surface area contributed by atoms with Gasteiger partial charge in [-0.1, -0.05) is 43.5 Å². The van der Waals surface area contributed by atoms with Crippen LogP contribution in [0.4, 0.5) is 23.4 Å². The van der Waals surface area contributed by atoms with Crippen LogP contribution in [0.5, 0.6) is 0 Å². The molecule has 206 valence electrons. The minimum atomic E-state index is -3.15. The summed E-state index contributed by atoms with van der Waals surface area (Å²) in [6, 6.07) is 4.52. The van der Waals surface area contributed by atoms with Crippen molar-refractivity contribution in [3.05, 3.63) is 120 Å². The number of anilines is 1.